The van der Waals surface area contributed by atoms with Crippen LogP contribution in [0.2, 0.25) is 0 Å². The fraction of sp³-hybridized carbons (Fsp3) is 0.208. The van der Waals surface area contributed by atoms with Crippen LogP contribution in [-0.4, -0.2) is 20.0 Å². The molecule has 10 heteroatoms. The van der Waals surface area contributed by atoms with Gasteiger partial charge in [-0.15, -0.1) is 0 Å². The Morgan fingerprint density at radius 3 is 2.53 bits per heavy atom. The molecule has 1 N–H and O–H groups in total. The summed E-state index contributed by atoms with van der Waals surface area (Å²) in [5.41, 5.74) is 0.546. The first-order chi connectivity index (χ1) is 16.1. The first-order valence-electron chi connectivity index (χ1n) is 10.4. The van der Waals surface area contributed by atoms with Crippen molar-refractivity contribution in [1.82, 2.24) is 14.1 Å². The summed E-state index contributed by atoms with van der Waals surface area (Å²) in [5, 5.41) is 2.59. The van der Waals surface area contributed by atoms with E-state index in [1.54, 1.807) is 30.5 Å². The second-order valence-electron chi connectivity index (χ2n) is 7.81. The molecular formula is C24H20F4N4O2. The largest absolute Gasteiger partial charge is 0.418 e. The van der Waals surface area contributed by atoms with Gasteiger partial charge in [-0.2, -0.15) is 13.2 Å². The fourth-order valence-electron chi connectivity index (χ4n) is 3.85. The van der Waals surface area contributed by atoms with Gasteiger partial charge >= 0.3 is 6.18 Å². The van der Waals surface area contributed by atoms with Crippen molar-refractivity contribution in [2.45, 2.75) is 33.0 Å². The second kappa shape index (κ2) is 8.77. The maximum Gasteiger partial charge on any atom is 0.418 e. The third-order valence-electron chi connectivity index (χ3n) is 5.64. The van der Waals surface area contributed by atoms with E-state index in [4.69, 9.17) is 0 Å². The number of carbonyl (C=O) groups is 1. The molecule has 2 heterocycles. The SMILES string of the molecule is Cc1c(C)n(-c2cccc(F)c2)c2ncn(CCC(=O)Nc3ccccc3C(F)(F)F)c(=O)c12. The van der Waals surface area contributed by atoms with E-state index in [1.807, 2.05) is 0 Å². The van der Waals surface area contributed by atoms with E-state index in [1.165, 1.54) is 41.2 Å². The predicted molar refractivity (Wildman–Crippen MR) is 119 cm³/mol. The van der Waals surface area contributed by atoms with Crippen molar-refractivity contribution >= 4 is 22.6 Å². The van der Waals surface area contributed by atoms with Crippen molar-refractivity contribution in [2.75, 3.05) is 5.32 Å². The van der Waals surface area contributed by atoms with Gasteiger partial charge in [-0.25, -0.2) is 9.37 Å². The Morgan fingerprint density at radius 1 is 1.09 bits per heavy atom. The van der Waals surface area contributed by atoms with Gasteiger partial charge in [0.2, 0.25) is 5.91 Å². The minimum atomic E-state index is -4.61. The maximum atomic E-state index is 13.8. The van der Waals surface area contributed by atoms with E-state index in [0.29, 0.717) is 28.0 Å². The number of rotatable bonds is 5. The maximum absolute atomic E-state index is 13.8. The van der Waals surface area contributed by atoms with Crippen LogP contribution in [0.15, 0.2) is 59.7 Å². The van der Waals surface area contributed by atoms with Crippen molar-refractivity contribution < 1.29 is 22.4 Å². The molecule has 176 valence electrons. The topological polar surface area (TPSA) is 68.9 Å². The van der Waals surface area contributed by atoms with Gasteiger partial charge in [-0.1, -0.05) is 18.2 Å². The fourth-order valence-corrected chi connectivity index (χ4v) is 3.85. The van der Waals surface area contributed by atoms with Gasteiger partial charge in [0.15, 0.2) is 5.65 Å². The van der Waals surface area contributed by atoms with Crippen molar-refractivity contribution in [2.24, 2.45) is 0 Å². The number of nitrogens with zero attached hydrogens (tertiary/aromatic N) is 3. The molecule has 0 aliphatic carbocycles. The molecule has 0 bridgehead atoms. The average molecular weight is 472 g/mol. The van der Waals surface area contributed by atoms with Gasteiger partial charge in [0.05, 0.1) is 28.7 Å². The van der Waals surface area contributed by atoms with Crippen LogP contribution in [0.4, 0.5) is 23.2 Å². The van der Waals surface area contributed by atoms with E-state index in [-0.39, 0.29) is 18.7 Å². The predicted octanol–water partition coefficient (Wildman–Crippen LogP) is 4.99. The summed E-state index contributed by atoms with van der Waals surface area (Å²) >= 11 is 0. The Bertz CT molecular complexity index is 1450. The van der Waals surface area contributed by atoms with Crippen molar-refractivity contribution in [3.8, 4) is 5.69 Å². The summed E-state index contributed by atoms with van der Waals surface area (Å²) in [4.78, 5) is 29.8. The van der Waals surface area contributed by atoms with Crippen molar-refractivity contribution in [3.63, 3.8) is 0 Å². The zero-order valence-corrected chi connectivity index (χ0v) is 18.3. The molecule has 0 radical (unpaired) electrons. The molecule has 0 unspecified atom stereocenters. The lowest BCUT2D eigenvalue weighted by molar-refractivity contribution is -0.137. The molecule has 2 aromatic carbocycles. The standard InChI is InChI=1S/C24H20F4N4O2/c1-14-15(2)32(17-7-5-6-16(25)12-17)22-21(14)23(34)31(13-29-22)11-10-20(33)30-19-9-4-3-8-18(19)24(26,27)28/h3-9,12-13H,10-11H2,1-2H3,(H,30,33). The van der Waals surface area contributed by atoms with Gasteiger partial charge in [0.1, 0.15) is 5.82 Å². The minimum Gasteiger partial charge on any atom is -0.325 e. The summed E-state index contributed by atoms with van der Waals surface area (Å²) in [6.45, 7) is 3.46. The highest BCUT2D eigenvalue weighted by atomic mass is 19.4. The van der Waals surface area contributed by atoms with Crippen molar-refractivity contribution in [1.29, 1.82) is 0 Å². The van der Waals surface area contributed by atoms with Crippen LogP contribution in [0.1, 0.15) is 23.2 Å². The van der Waals surface area contributed by atoms with Gasteiger partial charge in [-0.05, 0) is 49.7 Å². The molecule has 34 heavy (non-hydrogen) atoms. The summed E-state index contributed by atoms with van der Waals surface area (Å²) in [6, 6.07) is 10.6. The third-order valence-corrected chi connectivity index (χ3v) is 5.64. The van der Waals surface area contributed by atoms with E-state index >= 15 is 0 Å². The number of fused-ring (bicyclic) bond motifs is 1. The number of halogens is 4. The van der Waals surface area contributed by atoms with Crippen LogP contribution in [0.3, 0.4) is 0 Å². The number of anilines is 1. The van der Waals surface area contributed by atoms with E-state index in [9.17, 15) is 27.2 Å². The molecule has 1 amide bonds. The number of amides is 1. The van der Waals surface area contributed by atoms with Crippen LogP contribution >= 0.6 is 0 Å². The molecule has 0 aliphatic heterocycles. The Balaban J connectivity index is 1.60. The van der Waals surface area contributed by atoms with Gasteiger partial charge in [-0.3, -0.25) is 18.7 Å². The number of benzene rings is 2. The first kappa shape index (κ1) is 23.2. The smallest absolute Gasteiger partial charge is 0.325 e. The molecular weight excluding hydrogens is 452 g/mol. The molecule has 6 nitrogen and oxygen atoms in total. The van der Waals surface area contributed by atoms with Crippen LogP contribution in [0.25, 0.3) is 16.7 Å². The molecule has 4 rings (SSSR count). The molecule has 0 fully saturated rings. The average Bonchev–Trinajstić information content (AvgIpc) is 3.03. The molecule has 0 atom stereocenters. The molecule has 0 spiro atoms. The highest BCUT2D eigenvalue weighted by Crippen LogP contribution is 2.34. The van der Waals surface area contributed by atoms with Crippen molar-refractivity contribution in [3.05, 3.63) is 87.9 Å². The Labute approximate surface area is 191 Å². The number of carbonyl (C=O) groups excluding carboxylic acids is 1. The summed E-state index contributed by atoms with van der Waals surface area (Å²) < 4.78 is 56.1. The van der Waals surface area contributed by atoms with Crippen LogP contribution < -0.4 is 10.9 Å². The normalized spacial score (nSPS) is 11.7. The number of aromatic nitrogens is 3. The highest BCUT2D eigenvalue weighted by Gasteiger charge is 2.33. The Hall–Kier alpha value is -3.95. The van der Waals surface area contributed by atoms with E-state index < -0.39 is 29.0 Å². The molecule has 2 aromatic heterocycles. The van der Waals surface area contributed by atoms with Gasteiger partial charge < -0.3 is 5.32 Å². The third kappa shape index (κ3) is 4.30. The summed E-state index contributed by atoms with van der Waals surface area (Å²) in [5.74, 6) is -1.10. The quantitative estimate of drug-likeness (QED) is 0.416. The second-order valence-corrected chi connectivity index (χ2v) is 7.81. The number of alkyl halides is 3. The number of para-hydroxylation sites is 1. The highest BCUT2D eigenvalue weighted by molar-refractivity contribution is 5.91. The number of nitrogens with one attached hydrogen (secondary N) is 1. The number of hydrogen-bond acceptors (Lipinski definition) is 3. The molecule has 0 saturated carbocycles. The first-order valence-corrected chi connectivity index (χ1v) is 10.4. The number of aryl methyl sites for hydroxylation is 2. The Kier molecular flexibility index (Phi) is 5.99. The zero-order valence-electron chi connectivity index (χ0n) is 18.3. The number of hydrogen-bond donors (Lipinski definition) is 1. The summed E-state index contributed by atoms with van der Waals surface area (Å²) in [7, 11) is 0. The lowest BCUT2D eigenvalue weighted by Gasteiger charge is -2.13. The molecule has 0 saturated heterocycles. The van der Waals surface area contributed by atoms with Gasteiger partial charge in [0.25, 0.3) is 5.56 Å². The monoisotopic (exact) mass is 472 g/mol. The molecule has 4 aromatic rings. The van der Waals surface area contributed by atoms with E-state index in [2.05, 4.69) is 10.3 Å². The van der Waals surface area contributed by atoms with Crippen LogP contribution in [0.5, 0.6) is 0 Å². The molecule has 0 aliphatic rings. The lowest BCUT2D eigenvalue weighted by Crippen LogP contribution is -2.24. The minimum absolute atomic E-state index is 0.0780. The summed E-state index contributed by atoms with van der Waals surface area (Å²) in [6.07, 6.45) is -3.57. The van der Waals surface area contributed by atoms with Gasteiger partial charge in [0, 0.05) is 18.7 Å². The van der Waals surface area contributed by atoms with Crippen LogP contribution in [-0.2, 0) is 17.5 Å². The zero-order chi connectivity index (χ0) is 24.6. The van der Waals surface area contributed by atoms with E-state index in [0.717, 1.165) is 6.07 Å². The van der Waals surface area contributed by atoms with Crippen LogP contribution in [0, 0.1) is 19.7 Å². The lowest BCUT2D eigenvalue weighted by atomic mass is 10.1. The Morgan fingerprint density at radius 2 is 1.82 bits per heavy atom.